The average Bonchev–Trinajstić information content (AvgIpc) is 3.62. The molecule has 0 saturated carbocycles. The fraction of sp³-hybridized carbons (Fsp3) is 0.673. The molecule has 34 nitrogen and oxygen atoms in total. The summed E-state index contributed by atoms with van der Waals surface area (Å²) >= 11 is 0. The minimum atomic E-state index is -1.77. The van der Waals surface area contributed by atoms with Crippen LogP contribution in [0.15, 0.2) is 33.7 Å². The molecule has 468 valence electrons. The normalized spacial score (nSPS) is 19.6. The van der Waals surface area contributed by atoms with Gasteiger partial charge in [-0.3, -0.25) is 28.8 Å². The SMILES string of the molecule is C#CCOCCOCCOCCOCCC(=O)N(CC(=O)NCCCNC(=O)CO[C@@H]([C@@H]1OC(C(=O)O)=C[C@H](N=C(N)N)[C@H]1C)[C@H](O)CO)CC(=O)NCCCNC(=O)CO[C@@H]([C@@H]1OC(C(=O)O)=C[C@H](N=C(N)N)[C@H]1NC(C)=O)[C@H](O)CO. The molecule has 0 aromatic rings. The smallest absolute Gasteiger partial charge is 0.370 e. The van der Waals surface area contributed by atoms with Crippen LogP contribution in [0.4, 0.5) is 0 Å². The number of hydrogen-bond donors (Lipinski definition) is 15. The van der Waals surface area contributed by atoms with Gasteiger partial charge in [0.2, 0.25) is 47.0 Å². The lowest BCUT2D eigenvalue weighted by molar-refractivity contribution is -0.160. The number of hydrogen-bond acceptors (Lipinski definition) is 22. The summed E-state index contributed by atoms with van der Waals surface area (Å²) < 4.78 is 43.7. The van der Waals surface area contributed by atoms with Gasteiger partial charge in [-0.15, -0.1) is 6.42 Å². The van der Waals surface area contributed by atoms with Crippen LogP contribution in [0.25, 0.3) is 0 Å². The number of guanidine groups is 2. The number of terminal acetylenes is 1. The monoisotopic (exact) mass is 1190 g/mol. The van der Waals surface area contributed by atoms with Crippen LogP contribution in [0.2, 0.25) is 0 Å². The van der Waals surface area contributed by atoms with Crippen molar-refractivity contribution in [3.8, 4) is 12.3 Å². The van der Waals surface area contributed by atoms with Crippen molar-refractivity contribution < 1.29 is 107 Å². The fourth-order valence-corrected chi connectivity index (χ4v) is 7.80. The fourth-order valence-electron chi connectivity index (χ4n) is 7.80. The first kappa shape index (κ1) is 71.6. The number of nitrogens with two attached hydrogens (primary N) is 4. The molecule has 19 N–H and O–H groups in total. The van der Waals surface area contributed by atoms with Crippen molar-refractivity contribution in [2.45, 2.75) is 87.9 Å². The number of rotatable bonds is 42. The molecule has 83 heavy (non-hydrogen) atoms. The molecule has 0 unspecified atom stereocenters. The summed E-state index contributed by atoms with van der Waals surface area (Å²) in [5.41, 5.74) is 22.1. The van der Waals surface area contributed by atoms with Gasteiger partial charge in [0, 0.05) is 39.0 Å². The number of carboxylic acids is 2. The Morgan fingerprint density at radius 1 is 0.651 bits per heavy atom. The van der Waals surface area contributed by atoms with E-state index < -0.39 is 165 Å². The number of aliphatic hydroxyl groups excluding tert-OH is 4. The highest BCUT2D eigenvalue weighted by molar-refractivity contribution is 5.89. The van der Waals surface area contributed by atoms with Gasteiger partial charge in [-0.1, -0.05) is 12.8 Å². The van der Waals surface area contributed by atoms with E-state index in [-0.39, 0.29) is 84.4 Å². The van der Waals surface area contributed by atoms with Gasteiger partial charge in [0.05, 0.1) is 84.0 Å². The van der Waals surface area contributed by atoms with E-state index in [1.807, 2.05) is 0 Å². The zero-order valence-electron chi connectivity index (χ0n) is 46.2. The van der Waals surface area contributed by atoms with Gasteiger partial charge in [0.15, 0.2) is 18.0 Å². The summed E-state index contributed by atoms with van der Waals surface area (Å²) in [7, 11) is 0. The van der Waals surface area contributed by atoms with E-state index in [9.17, 15) is 69.0 Å². The van der Waals surface area contributed by atoms with E-state index >= 15 is 0 Å². The molecule has 0 aromatic carbocycles. The molecule has 0 saturated heterocycles. The lowest BCUT2D eigenvalue weighted by Gasteiger charge is -2.40. The number of nitrogens with one attached hydrogen (secondary N) is 5. The molecule has 0 spiro atoms. The summed E-state index contributed by atoms with van der Waals surface area (Å²) in [6.45, 7) is -0.122. The van der Waals surface area contributed by atoms with Crippen molar-refractivity contribution >= 4 is 59.3 Å². The molecule has 2 aliphatic rings. The molecule has 0 radical (unpaired) electrons. The Morgan fingerprint density at radius 3 is 1.49 bits per heavy atom. The van der Waals surface area contributed by atoms with Gasteiger partial charge >= 0.3 is 11.9 Å². The maximum absolute atomic E-state index is 13.4. The van der Waals surface area contributed by atoms with E-state index in [1.54, 1.807) is 6.92 Å². The van der Waals surface area contributed by atoms with Crippen LogP contribution in [-0.2, 0) is 76.3 Å². The molecule has 0 fully saturated rings. The van der Waals surface area contributed by atoms with Crippen LogP contribution in [0.1, 0.15) is 33.1 Å². The third-order valence-corrected chi connectivity index (χ3v) is 11.7. The largest absolute Gasteiger partial charge is 0.480 e. The minimum Gasteiger partial charge on any atom is -0.480 e. The molecular formula is C49H80N12O22. The summed E-state index contributed by atoms with van der Waals surface area (Å²) in [5.74, 6) is -7.44. The number of ether oxygens (including phenoxy) is 8. The first-order chi connectivity index (χ1) is 39.5. The zero-order chi connectivity index (χ0) is 61.9. The van der Waals surface area contributed by atoms with Gasteiger partial charge < -0.3 is 123 Å². The molecule has 2 rings (SSSR count). The van der Waals surface area contributed by atoms with Gasteiger partial charge in [0.1, 0.15) is 63.4 Å². The molecule has 0 aromatic heterocycles. The number of carboxylic acid groups (broad SMARTS) is 2. The van der Waals surface area contributed by atoms with E-state index in [1.165, 1.54) is 6.08 Å². The molecule has 6 amide bonds. The van der Waals surface area contributed by atoms with Gasteiger partial charge in [-0.25, -0.2) is 19.6 Å². The molecule has 10 atom stereocenters. The van der Waals surface area contributed by atoms with Gasteiger partial charge in [-0.05, 0) is 25.0 Å². The zero-order valence-corrected chi connectivity index (χ0v) is 46.2. The Kier molecular flexibility index (Phi) is 34.4. The molecule has 0 bridgehead atoms. The van der Waals surface area contributed by atoms with Gasteiger partial charge in [-0.2, -0.15) is 0 Å². The lowest BCUT2D eigenvalue weighted by atomic mass is 9.87. The highest BCUT2D eigenvalue weighted by Gasteiger charge is 2.46. The summed E-state index contributed by atoms with van der Waals surface area (Å²) in [6, 6.07) is -3.39. The van der Waals surface area contributed by atoms with E-state index in [0.717, 1.165) is 17.9 Å². The highest BCUT2D eigenvalue weighted by Crippen LogP contribution is 2.31. The topological polar surface area (TPSA) is 524 Å². The van der Waals surface area contributed by atoms with E-state index in [4.69, 9.17) is 67.3 Å². The average molecular weight is 1190 g/mol. The van der Waals surface area contributed by atoms with Crippen LogP contribution in [0.3, 0.4) is 0 Å². The lowest BCUT2D eigenvalue weighted by Crippen LogP contribution is -2.60. The van der Waals surface area contributed by atoms with Crippen molar-refractivity contribution in [2.75, 3.05) is 119 Å². The Bertz CT molecular complexity index is 2260. The van der Waals surface area contributed by atoms with Crippen LogP contribution in [-0.4, -0.2) is 268 Å². The number of carbonyl (C=O) groups excluding carboxylic acids is 6. The Labute approximate surface area is 477 Å². The van der Waals surface area contributed by atoms with Crippen molar-refractivity contribution in [3.05, 3.63) is 23.7 Å². The minimum absolute atomic E-state index is 0.00227. The summed E-state index contributed by atoms with van der Waals surface area (Å²) in [4.78, 5) is 110. The first-order valence-corrected chi connectivity index (χ1v) is 26.1. The molecule has 2 heterocycles. The van der Waals surface area contributed by atoms with Crippen molar-refractivity contribution in [1.82, 2.24) is 31.5 Å². The second-order valence-corrected chi connectivity index (χ2v) is 18.3. The maximum Gasteiger partial charge on any atom is 0.370 e. The molecule has 2 aliphatic heterocycles. The third-order valence-electron chi connectivity index (χ3n) is 11.7. The standard InChI is InChI=1S/C49H80N12O22/c1-4-12-76-14-16-78-18-19-79-17-15-77-13-7-40(71)61(22-36(67)54-8-5-10-56-38(69)26-80-43(32(65)24-62)42-28(2)30(59-48(50)51)20-34(82-42)46(72)73)23-37(68)55-9-6-11-57-39(70)27-81-44(33(66)25-63)45-41(58-29(3)64)31(60-49(52)53)21-35(83-45)47(74)75/h1,20-21,28,30-33,41-45,62-63,65-66H,5-19,22-27H2,2-3H3,(H,54,67)(H,55,68)(H,56,69)(H,57,70)(H,58,64)(H,72,73)(H,74,75)(H4,50,51,59)(H4,52,53,60)/t28-,30+,31+,32-,33-,41-,42-,43-,44-,45-/m1/s1. The molecule has 34 heteroatoms. The Balaban J connectivity index is 1.97. The van der Waals surface area contributed by atoms with Crippen molar-refractivity contribution in [3.63, 3.8) is 0 Å². The van der Waals surface area contributed by atoms with E-state index in [2.05, 4.69) is 42.5 Å². The number of aliphatic carboxylic acids is 2. The second-order valence-electron chi connectivity index (χ2n) is 18.3. The highest BCUT2D eigenvalue weighted by atomic mass is 16.6. The number of carbonyl (C=O) groups is 8. The second kappa shape index (κ2) is 39.9. The quantitative estimate of drug-likeness (QED) is 0.0117. The Morgan fingerprint density at radius 2 is 1.06 bits per heavy atom. The number of nitrogens with zero attached hydrogens (tertiary/aromatic N) is 3. The van der Waals surface area contributed by atoms with Crippen molar-refractivity contribution in [2.24, 2.45) is 38.8 Å². The van der Waals surface area contributed by atoms with Crippen molar-refractivity contribution in [1.29, 1.82) is 0 Å². The van der Waals surface area contributed by atoms with Gasteiger partial charge in [0.25, 0.3) is 0 Å². The summed E-state index contributed by atoms with van der Waals surface area (Å²) in [5, 5.41) is 72.8. The maximum atomic E-state index is 13.4. The molecule has 0 aliphatic carbocycles. The molecular weight excluding hydrogens is 1110 g/mol. The van der Waals surface area contributed by atoms with E-state index in [0.29, 0.717) is 19.8 Å². The predicted molar refractivity (Wildman–Crippen MR) is 287 cm³/mol. The number of aliphatic hydroxyl groups is 4. The summed E-state index contributed by atoms with van der Waals surface area (Å²) in [6.07, 6.45) is -1.83. The predicted octanol–water partition coefficient (Wildman–Crippen LogP) is -8.21. The van der Waals surface area contributed by atoms with Crippen LogP contribution in [0.5, 0.6) is 0 Å². The third kappa shape index (κ3) is 28.4. The van der Waals surface area contributed by atoms with Crippen LogP contribution in [0, 0.1) is 18.3 Å². The van der Waals surface area contributed by atoms with Crippen LogP contribution < -0.4 is 49.5 Å². The Hall–Kier alpha value is -7.46. The number of amides is 6. The van der Waals surface area contributed by atoms with Crippen LogP contribution >= 0.6 is 0 Å². The number of aliphatic imine (C=N–C) groups is 2. The first-order valence-electron chi connectivity index (χ1n) is 26.1.